The number of methoxy groups -OCH3 is 1. The van der Waals surface area contributed by atoms with Gasteiger partial charge in [-0.15, -0.1) is 0 Å². The summed E-state index contributed by atoms with van der Waals surface area (Å²) in [4.78, 5) is 8.46. The molecule has 2 aromatic rings. The van der Waals surface area contributed by atoms with Gasteiger partial charge in [0.2, 0.25) is 0 Å². The van der Waals surface area contributed by atoms with Gasteiger partial charge in [0.1, 0.15) is 17.6 Å². The molecule has 4 nitrogen and oxygen atoms in total. The quantitative estimate of drug-likeness (QED) is 0.849. The fourth-order valence-electron chi connectivity index (χ4n) is 1.81. The number of aromatic nitrogens is 2. The molecule has 0 unspecified atom stereocenters. The average molecular weight is 278 g/mol. The second-order valence-electron chi connectivity index (χ2n) is 4.06. The van der Waals surface area contributed by atoms with Crippen molar-refractivity contribution < 1.29 is 4.74 Å². The first-order chi connectivity index (χ1) is 9.22. The van der Waals surface area contributed by atoms with E-state index in [9.17, 15) is 0 Å². The largest absolute Gasteiger partial charge is 0.377 e. The SMILES string of the molecule is CCc1ccccc1Nc1cc(Cl)nc(COC)n1. The van der Waals surface area contributed by atoms with Crippen molar-refractivity contribution in [1.29, 1.82) is 0 Å². The lowest BCUT2D eigenvalue weighted by Gasteiger charge is -2.11. The highest BCUT2D eigenvalue weighted by molar-refractivity contribution is 6.29. The summed E-state index contributed by atoms with van der Waals surface area (Å²) in [5, 5.41) is 3.67. The highest BCUT2D eigenvalue weighted by Crippen LogP contribution is 2.21. The van der Waals surface area contributed by atoms with Crippen molar-refractivity contribution in [3.63, 3.8) is 0 Å². The van der Waals surface area contributed by atoms with E-state index in [1.54, 1.807) is 13.2 Å². The van der Waals surface area contributed by atoms with Gasteiger partial charge in [-0.1, -0.05) is 36.7 Å². The predicted octanol–water partition coefficient (Wildman–Crippen LogP) is 3.58. The molecule has 19 heavy (non-hydrogen) atoms. The Hall–Kier alpha value is -1.65. The van der Waals surface area contributed by atoms with Gasteiger partial charge in [-0.2, -0.15) is 0 Å². The molecule has 0 aliphatic rings. The predicted molar refractivity (Wildman–Crippen MR) is 76.9 cm³/mol. The summed E-state index contributed by atoms with van der Waals surface area (Å²) < 4.78 is 5.02. The second kappa shape index (κ2) is 6.50. The minimum atomic E-state index is 0.338. The summed E-state index contributed by atoms with van der Waals surface area (Å²) in [6.07, 6.45) is 0.951. The van der Waals surface area contributed by atoms with Crippen molar-refractivity contribution in [3.05, 3.63) is 46.9 Å². The van der Waals surface area contributed by atoms with Crippen LogP contribution in [0.2, 0.25) is 5.15 Å². The summed E-state index contributed by atoms with van der Waals surface area (Å²) in [6, 6.07) is 9.81. The third-order valence-corrected chi connectivity index (χ3v) is 2.87. The van der Waals surface area contributed by atoms with E-state index in [1.807, 2.05) is 18.2 Å². The van der Waals surface area contributed by atoms with Crippen LogP contribution in [0.3, 0.4) is 0 Å². The zero-order valence-electron chi connectivity index (χ0n) is 11.0. The van der Waals surface area contributed by atoms with Gasteiger partial charge >= 0.3 is 0 Å². The van der Waals surface area contributed by atoms with E-state index in [2.05, 4.69) is 28.3 Å². The van der Waals surface area contributed by atoms with E-state index >= 15 is 0 Å². The number of nitrogens with one attached hydrogen (secondary N) is 1. The standard InChI is InChI=1S/C14H16ClN3O/c1-3-10-6-4-5-7-11(10)16-13-8-12(15)17-14(18-13)9-19-2/h4-8H,3,9H2,1-2H3,(H,16,17,18). The minimum Gasteiger partial charge on any atom is -0.377 e. The maximum absolute atomic E-state index is 5.98. The Balaban J connectivity index is 2.27. The molecule has 0 aliphatic heterocycles. The Morgan fingerprint density at radius 2 is 2.05 bits per heavy atom. The molecule has 5 heteroatoms. The molecular formula is C14H16ClN3O. The summed E-state index contributed by atoms with van der Waals surface area (Å²) in [5.41, 5.74) is 2.26. The number of halogens is 1. The maximum atomic E-state index is 5.98. The van der Waals surface area contributed by atoms with Crippen LogP contribution in [0.5, 0.6) is 0 Å². The van der Waals surface area contributed by atoms with Gasteiger partial charge in [-0.25, -0.2) is 9.97 Å². The Bertz CT molecular complexity index is 560. The van der Waals surface area contributed by atoms with Crippen LogP contribution in [0.25, 0.3) is 0 Å². The van der Waals surface area contributed by atoms with Crippen LogP contribution in [-0.4, -0.2) is 17.1 Å². The van der Waals surface area contributed by atoms with Crippen molar-refractivity contribution in [2.75, 3.05) is 12.4 Å². The zero-order valence-corrected chi connectivity index (χ0v) is 11.7. The highest BCUT2D eigenvalue weighted by atomic mass is 35.5. The van der Waals surface area contributed by atoms with Crippen LogP contribution in [-0.2, 0) is 17.8 Å². The Kier molecular flexibility index (Phi) is 4.71. The fourth-order valence-corrected chi connectivity index (χ4v) is 2.01. The number of nitrogens with zero attached hydrogens (tertiary/aromatic N) is 2. The molecule has 1 N–H and O–H groups in total. The Labute approximate surface area is 117 Å². The smallest absolute Gasteiger partial charge is 0.158 e. The first-order valence-electron chi connectivity index (χ1n) is 6.10. The lowest BCUT2D eigenvalue weighted by Crippen LogP contribution is -2.02. The van der Waals surface area contributed by atoms with Crippen molar-refractivity contribution in [3.8, 4) is 0 Å². The van der Waals surface area contributed by atoms with Gasteiger partial charge in [0, 0.05) is 18.9 Å². The third-order valence-electron chi connectivity index (χ3n) is 2.68. The van der Waals surface area contributed by atoms with Crippen LogP contribution < -0.4 is 5.32 Å². The van der Waals surface area contributed by atoms with E-state index in [0.29, 0.717) is 23.4 Å². The molecule has 0 bridgehead atoms. The summed E-state index contributed by atoms with van der Waals surface area (Å²) >= 11 is 5.98. The van der Waals surface area contributed by atoms with Crippen molar-refractivity contribution in [2.24, 2.45) is 0 Å². The van der Waals surface area contributed by atoms with Gasteiger partial charge in [0.25, 0.3) is 0 Å². The van der Waals surface area contributed by atoms with Crippen LogP contribution in [0.4, 0.5) is 11.5 Å². The number of anilines is 2. The van der Waals surface area contributed by atoms with Gasteiger partial charge in [-0.3, -0.25) is 0 Å². The van der Waals surface area contributed by atoms with Gasteiger partial charge < -0.3 is 10.1 Å². The fraction of sp³-hybridized carbons (Fsp3) is 0.286. The lowest BCUT2D eigenvalue weighted by molar-refractivity contribution is 0.178. The van der Waals surface area contributed by atoms with Crippen LogP contribution in [0.15, 0.2) is 30.3 Å². The molecule has 2 rings (SSSR count). The monoisotopic (exact) mass is 277 g/mol. The van der Waals surface area contributed by atoms with Gasteiger partial charge in [-0.05, 0) is 18.1 Å². The van der Waals surface area contributed by atoms with Crippen LogP contribution in [0.1, 0.15) is 18.3 Å². The number of ether oxygens (including phenoxy) is 1. The summed E-state index contributed by atoms with van der Waals surface area (Å²) in [7, 11) is 1.60. The van der Waals surface area contributed by atoms with Crippen molar-refractivity contribution >= 4 is 23.1 Å². The van der Waals surface area contributed by atoms with Gasteiger partial charge in [0.05, 0.1) is 0 Å². The Morgan fingerprint density at radius 3 is 2.79 bits per heavy atom. The summed E-state index contributed by atoms with van der Waals surface area (Å²) in [5.74, 6) is 1.24. The molecule has 0 spiro atoms. The molecule has 0 radical (unpaired) electrons. The van der Waals surface area contributed by atoms with Crippen molar-refractivity contribution in [2.45, 2.75) is 20.0 Å². The third kappa shape index (κ3) is 3.66. The normalized spacial score (nSPS) is 10.5. The topological polar surface area (TPSA) is 47.0 Å². The van der Waals surface area contributed by atoms with Gasteiger partial charge in [0.15, 0.2) is 5.82 Å². The first kappa shape index (κ1) is 13.8. The molecule has 0 aliphatic carbocycles. The molecule has 0 saturated carbocycles. The number of para-hydroxylation sites is 1. The van der Waals surface area contributed by atoms with E-state index in [4.69, 9.17) is 16.3 Å². The number of benzene rings is 1. The number of hydrogen-bond donors (Lipinski definition) is 1. The number of rotatable bonds is 5. The molecule has 1 aromatic heterocycles. The minimum absolute atomic E-state index is 0.338. The molecule has 100 valence electrons. The number of hydrogen-bond acceptors (Lipinski definition) is 4. The molecule has 0 amide bonds. The van der Waals surface area contributed by atoms with E-state index in [-0.39, 0.29) is 0 Å². The maximum Gasteiger partial charge on any atom is 0.158 e. The first-order valence-corrected chi connectivity index (χ1v) is 6.48. The highest BCUT2D eigenvalue weighted by Gasteiger charge is 2.05. The van der Waals surface area contributed by atoms with E-state index < -0.39 is 0 Å². The number of aryl methyl sites for hydroxylation is 1. The van der Waals surface area contributed by atoms with E-state index in [0.717, 1.165) is 12.1 Å². The second-order valence-corrected chi connectivity index (χ2v) is 4.45. The molecule has 1 heterocycles. The van der Waals surface area contributed by atoms with Crippen molar-refractivity contribution in [1.82, 2.24) is 9.97 Å². The molecule has 0 atom stereocenters. The molecule has 1 aromatic carbocycles. The Morgan fingerprint density at radius 1 is 1.26 bits per heavy atom. The molecular weight excluding hydrogens is 262 g/mol. The lowest BCUT2D eigenvalue weighted by atomic mass is 10.1. The average Bonchev–Trinajstić information content (AvgIpc) is 2.39. The van der Waals surface area contributed by atoms with Crippen LogP contribution in [0, 0.1) is 0 Å². The van der Waals surface area contributed by atoms with Crippen LogP contribution >= 0.6 is 11.6 Å². The van der Waals surface area contributed by atoms with E-state index in [1.165, 1.54) is 5.56 Å². The molecule has 0 fully saturated rings. The summed E-state index contributed by atoms with van der Waals surface area (Å²) in [6.45, 7) is 2.45. The zero-order chi connectivity index (χ0) is 13.7. The molecule has 0 saturated heterocycles.